The summed E-state index contributed by atoms with van der Waals surface area (Å²) >= 11 is 1.22. The van der Waals surface area contributed by atoms with Crippen molar-refractivity contribution in [2.24, 2.45) is 5.92 Å². The standard InChI is InChI=1S/C21H17N3O5S/c1-29-21(26)18-17(14-5-3-2-4-6-14)16(11-22)20(23-19(18)25)30-12-13-7-9-15(10-8-13)24(27)28/h2-10,17-18H,12H2,1H3,(H,23,25)/t17-,18-/m1/s1. The molecule has 0 aromatic heterocycles. The van der Waals surface area contributed by atoms with Crippen LogP contribution in [0.2, 0.25) is 0 Å². The molecule has 3 rings (SSSR count). The van der Waals surface area contributed by atoms with E-state index in [0.29, 0.717) is 16.3 Å². The first-order valence-electron chi connectivity index (χ1n) is 8.90. The third kappa shape index (κ3) is 4.34. The van der Waals surface area contributed by atoms with Crippen molar-refractivity contribution in [2.75, 3.05) is 7.11 Å². The molecule has 0 aliphatic carbocycles. The first-order valence-corrected chi connectivity index (χ1v) is 9.89. The predicted octanol–water partition coefficient (Wildman–Crippen LogP) is 3.27. The molecule has 30 heavy (non-hydrogen) atoms. The van der Waals surface area contributed by atoms with Gasteiger partial charge in [0, 0.05) is 23.8 Å². The van der Waals surface area contributed by atoms with Gasteiger partial charge in [-0.15, -0.1) is 11.8 Å². The summed E-state index contributed by atoms with van der Waals surface area (Å²) in [7, 11) is 1.20. The Morgan fingerprint density at radius 2 is 1.90 bits per heavy atom. The zero-order valence-electron chi connectivity index (χ0n) is 15.9. The smallest absolute Gasteiger partial charge is 0.319 e. The van der Waals surface area contributed by atoms with Crippen LogP contribution in [0.5, 0.6) is 0 Å². The number of ether oxygens (including phenoxy) is 1. The highest BCUT2D eigenvalue weighted by Crippen LogP contribution is 2.40. The number of thioether (sulfide) groups is 1. The van der Waals surface area contributed by atoms with E-state index >= 15 is 0 Å². The summed E-state index contributed by atoms with van der Waals surface area (Å²) < 4.78 is 4.81. The number of esters is 1. The molecule has 0 saturated carbocycles. The summed E-state index contributed by atoms with van der Waals surface area (Å²) in [4.78, 5) is 35.4. The van der Waals surface area contributed by atoms with E-state index in [-0.39, 0.29) is 11.3 Å². The van der Waals surface area contributed by atoms with Crippen LogP contribution >= 0.6 is 11.8 Å². The van der Waals surface area contributed by atoms with E-state index in [2.05, 4.69) is 11.4 Å². The van der Waals surface area contributed by atoms with Crippen molar-refractivity contribution in [1.29, 1.82) is 5.26 Å². The molecule has 8 nitrogen and oxygen atoms in total. The topological polar surface area (TPSA) is 122 Å². The van der Waals surface area contributed by atoms with Crippen LogP contribution in [0.1, 0.15) is 17.0 Å². The lowest BCUT2D eigenvalue weighted by atomic mass is 9.78. The van der Waals surface area contributed by atoms with Gasteiger partial charge >= 0.3 is 5.97 Å². The predicted molar refractivity (Wildman–Crippen MR) is 110 cm³/mol. The van der Waals surface area contributed by atoms with Gasteiger partial charge in [-0.05, 0) is 11.1 Å². The first-order chi connectivity index (χ1) is 14.5. The maximum absolute atomic E-state index is 12.7. The molecule has 0 saturated heterocycles. The summed E-state index contributed by atoms with van der Waals surface area (Å²) in [5.41, 5.74) is 1.70. The van der Waals surface area contributed by atoms with Crippen LogP contribution in [0.25, 0.3) is 0 Å². The second-order valence-electron chi connectivity index (χ2n) is 6.45. The molecule has 2 aromatic carbocycles. The van der Waals surface area contributed by atoms with Gasteiger partial charge in [0.15, 0.2) is 0 Å². The molecule has 152 valence electrons. The zero-order valence-corrected chi connectivity index (χ0v) is 16.7. The third-order valence-corrected chi connectivity index (χ3v) is 5.76. The quantitative estimate of drug-likeness (QED) is 0.327. The summed E-state index contributed by atoms with van der Waals surface area (Å²) in [5.74, 6) is -2.81. The van der Waals surface area contributed by atoms with E-state index in [9.17, 15) is 25.0 Å². The van der Waals surface area contributed by atoms with E-state index in [4.69, 9.17) is 4.74 Å². The van der Waals surface area contributed by atoms with Crippen molar-refractivity contribution in [3.05, 3.63) is 86.4 Å². The number of nitriles is 1. The number of nitro benzene ring substituents is 1. The number of non-ortho nitro benzene ring substituents is 1. The number of nitrogens with zero attached hydrogens (tertiary/aromatic N) is 2. The van der Waals surface area contributed by atoms with E-state index < -0.39 is 28.6 Å². The molecule has 1 aliphatic heterocycles. The lowest BCUT2D eigenvalue weighted by Gasteiger charge is -2.31. The van der Waals surface area contributed by atoms with Crippen LogP contribution < -0.4 is 5.32 Å². The summed E-state index contributed by atoms with van der Waals surface area (Å²) in [6, 6.07) is 17.0. The Balaban J connectivity index is 1.94. The molecule has 0 radical (unpaired) electrons. The Hall–Kier alpha value is -3.64. The van der Waals surface area contributed by atoms with Crippen LogP contribution in [0.3, 0.4) is 0 Å². The van der Waals surface area contributed by atoms with Crippen LogP contribution in [0.4, 0.5) is 5.69 Å². The van der Waals surface area contributed by atoms with Crippen molar-refractivity contribution in [1.82, 2.24) is 5.32 Å². The van der Waals surface area contributed by atoms with Crippen LogP contribution in [0, 0.1) is 27.4 Å². The molecule has 0 fully saturated rings. The van der Waals surface area contributed by atoms with Gasteiger partial charge < -0.3 is 10.1 Å². The van der Waals surface area contributed by atoms with Gasteiger partial charge in [0.05, 0.1) is 28.7 Å². The number of benzene rings is 2. The Bertz CT molecular complexity index is 1040. The SMILES string of the molecule is COC(=O)[C@H]1C(=O)NC(SCc2ccc([N+](=O)[O-])cc2)=C(C#N)[C@H]1c1ccccc1. The van der Waals surface area contributed by atoms with E-state index in [1.807, 2.05) is 0 Å². The van der Waals surface area contributed by atoms with Crippen molar-refractivity contribution in [2.45, 2.75) is 11.7 Å². The number of allylic oxidation sites excluding steroid dienone is 1. The van der Waals surface area contributed by atoms with Gasteiger partial charge in [0.2, 0.25) is 5.91 Å². The number of nitro groups is 1. The number of methoxy groups -OCH3 is 1. The van der Waals surface area contributed by atoms with Gasteiger partial charge in [0.1, 0.15) is 5.92 Å². The maximum atomic E-state index is 12.7. The van der Waals surface area contributed by atoms with Crippen molar-refractivity contribution in [3.63, 3.8) is 0 Å². The molecule has 1 N–H and O–H groups in total. The molecule has 9 heteroatoms. The molecule has 1 amide bonds. The number of carbonyl (C=O) groups excluding carboxylic acids is 2. The molecular formula is C21H17N3O5S. The lowest BCUT2D eigenvalue weighted by Crippen LogP contribution is -2.44. The highest BCUT2D eigenvalue weighted by Gasteiger charge is 2.44. The third-order valence-electron chi connectivity index (χ3n) is 4.67. The van der Waals surface area contributed by atoms with Gasteiger partial charge in [-0.1, -0.05) is 42.5 Å². The Morgan fingerprint density at radius 1 is 1.23 bits per heavy atom. The van der Waals surface area contributed by atoms with Gasteiger partial charge in [-0.3, -0.25) is 19.7 Å². The van der Waals surface area contributed by atoms with Crippen molar-refractivity contribution >= 4 is 29.3 Å². The van der Waals surface area contributed by atoms with Crippen LogP contribution in [-0.2, 0) is 20.1 Å². The monoisotopic (exact) mass is 423 g/mol. The van der Waals surface area contributed by atoms with Crippen molar-refractivity contribution < 1.29 is 19.2 Å². The first kappa shape index (κ1) is 21.1. The Kier molecular flexibility index (Phi) is 6.49. The highest BCUT2D eigenvalue weighted by atomic mass is 32.2. The molecule has 1 aliphatic rings. The van der Waals surface area contributed by atoms with Crippen LogP contribution in [-0.4, -0.2) is 23.9 Å². The largest absolute Gasteiger partial charge is 0.468 e. The Morgan fingerprint density at radius 3 is 2.47 bits per heavy atom. The number of rotatable bonds is 6. The minimum absolute atomic E-state index is 0.0169. The second kappa shape index (κ2) is 9.24. The minimum Gasteiger partial charge on any atom is -0.468 e. The summed E-state index contributed by atoms with van der Waals surface area (Å²) in [6.07, 6.45) is 0. The van der Waals surface area contributed by atoms with Gasteiger partial charge in [-0.2, -0.15) is 5.26 Å². The average Bonchev–Trinajstić information content (AvgIpc) is 2.77. The Labute approximate surface area is 176 Å². The number of carbonyl (C=O) groups is 2. The molecule has 0 bridgehead atoms. The fourth-order valence-electron chi connectivity index (χ4n) is 3.21. The molecule has 2 atom stereocenters. The summed E-state index contributed by atoms with van der Waals surface area (Å²) in [5, 5.41) is 23.6. The molecule has 0 unspecified atom stereocenters. The van der Waals surface area contributed by atoms with Gasteiger partial charge in [-0.25, -0.2) is 0 Å². The molecule has 2 aromatic rings. The molecule has 1 heterocycles. The molecule has 0 spiro atoms. The molecular weight excluding hydrogens is 406 g/mol. The van der Waals surface area contributed by atoms with E-state index in [1.165, 1.54) is 31.0 Å². The van der Waals surface area contributed by atoms with Gasteiger partial charge in [0.25, 0.3) is 5.69 Å². The van der Waals surface area contributed by atoms with E-state index in [0.717, 1.165) is 5.56 Å². The fourth-order valence-corrected chi connectivity index (χ4v) is 4.21. The lowest BCUT2D eigenvalue weighted by molar-refractivity contribution is -0.384. The minimum atomic E-state index is -1.17. The normalized spacial score (nSPS) is 18.3. The van der Waals surface area contributed by atoms with E-state index in [1.54, 1.807) is 42.5 Å². The number of nitrogens with one attached hydrogen (secondary N) is 1. The zero-order chi connectivity index (χ0) is 21.7. The maximum Gasteiger partial charge on any atom is 0.319 e. The highest BCUT2D eigenvalue weighted by molar-refractivity contribution is 8.02. The number of hydrogen-bond acceptors (Lipinski definition) is 7. The number of amides is 1. The second-order valence-corrected chi connectivity index (χ2v) is 7.43. The van der Waals surface area contributed by atoms with Crippen molar-refractivity contribution in [3.8, 4) is 6.07 Å². The number of hydrogen-bond donors (Lipinski definition) is 1. The fraction of sp³-hybridized carbons (Fsp3) is 0.190. The average molecular weight is 423 g/mol. The van der Waals surface area contributed by atoms with Crippen LogP contribution in [0.15, 0.2) is 65.2 Å². The summed E-state index contributed by atoms with van der Waals surface area (Å²) in [6.45, 7) is 0.